The summed E-state index contributed by atoms with van der Waals surface area (Å²) in [6.45, 7) is 4.38. The molecule has 3 rings (SSSR count). The monoisotopic (exact) mass is 405 g/mol. The Morgan fingerprint density at radius 2 is 1.93 bits per heavy atom. The van der Waals surface area contributed by atoms with Crippen molar-refractivity contribution < 1.29 is 0 Å². The first-order chi connectivity index (χ1) is 12.8. The minimum atomic E-state index is -0.458. The van der Waals surface area contributed by atoms with Crippen molar-refractivity contribution in [2.45, 2.75) is 20.4 Å². The Hall–Kier alpha value is -2.58. The summed E-state index contributed by atoms with van der Waals surface area (Å²) in [7, 11) is 1.45. The standard InChI is InChI=1S/C18H20ClN5O2S/c1-10(2)8-24-15(20)14(16(25)23(3)18(24)26)13-9-27-17(22-13)21-12-6-4-11(19)5-7-12/h4-7,9-10H,8,20H2,1-3H3,(H,21,22). The van der Waals surface area contributed by atoms with Crippen molar-refractivity contribution in [1.82, 2.24) is 14.1 Å². The van der Waals surface area contributed by atoms with Crippen molar-refractivity contribution in [3.63, 3.8) is 0 Å². The Labute approximate surface area is 165 Å². The molecule has 0 aliphatic rings. The van der Waals surface area contributed by atoms with Crippen LogP contribution in [0, 0.1) is 5.92 Å². The minimum Gasteiger partial charge on any atom is -0.384 e. The highest BCUT2D eigenvalue weighted by Crippen LogP contribution is 2.28. The molecule has 0 bridgehead atoms. The van der Waals surface area contributed by atoms with E-state index in [1.54, 1.807) is 17.5 Å². The third kappa shape index (κ3) is 3.91. The van der Waals surface area contributed by atoms with Gasteiger partial charge in [0.05, 0.1) is 5.69 Å². The van der Waals surface area contributed by atoms with Gasteiger partial charge in [-0.15, -0.1) is 11.3 Å². The van der Waals surface area contributed by atoms with Crippen LogP contribution >= 0.6 is 22.9 Å². The quantitative estimate of drug-likeness (QED) is 0.679. The molecule has 0 saturated heterocycles. The number of aromatic nitrogens is 3. The number of nitrogen functional groups attached to an aromatic ring is 1. The van der Waals surface area contributed by atoms with E-state index < -0.39 is 11.2 Å². The van der Waals surface area contributed by atoms with Crippen molar-refractivity contribution >= 4 is 39.6 Å². The lowest BCUT2D eigenvalue weighted by Crippen LogP contribution is -2.41. The highest BCUT2D eigenvalue weighted by molar-refractivity contribution is 7.14. The molecule has 0 aliphatic carbocycles. The number of nitrogens with zero attached hydrogens (tertiary/aromatic N) is 3. The number of nitrogens with two attached hydrogens (primary N) is 1. The second-order valence-corrected chi connectivity index (χ2v) is 7.88. The molecular formula is C18H20ClN5O2S. The average Bonchev–Trinajstić information content (AvgIpc) is 3.07. The zero-order valence-corrected chi connectivity index (χ0v) is 16.8. The molecule has 7 nitrogen and oxygen atoms in total. The lowest BCUT2D eigenvalue weighted by molar-refractivity contribution is 0.494. The van der Waals surface area contributed by atoms with Crippen molar-refractivity contribution in [1.29, 1.82) is 0 Å². The fourth-order valence-electron chi connectivity index (χ4n) is 2.67. The summed E-state index contributed by atoms with van der Waals surface area (Å²) >= 11 is 7.24. The Kier molecular flexibility index (Phi) is 5.38. The summed E-state index contributed by atoms with van der Waals surface area (Å²) < 4.78 is 2.49. The van der Waals surface area contributed by atoms with Crippen LogP contribution in [0.5, 0.6) is 0 Å². The van der Waals surface area contributed by atoms with E-state index in [-0.39, 0.29) is 17.3 Å². The molecular weight excluding hydrogens is 386 g/mol. The fraction of sp³-hybridized carbons (Fsp3) is 0.278. The average molecular weight is 406 g/mol. The van der Waals surface area contributed by atoms with Crippen LogP contribution < -0.4 is 22.3 Å². The Balaban J connectivity index is 2.03. The maximum absolute atomic E-state index is 12.7. The van der Waals surface area contributed by atoms with Gasteiger partial charge < -0.3 is 11.1 Å². The molecule has 3 aromatic rings. The van der Waals surface area contributed by atoms with Gasteiger partial charge in [0.25, 0.3) is 5.56 Å². The molecule has 9 heteroatoms. The zero-order valence-electron chi connectivity index (χ0n) is 15.2. The molecule has 2 aromatic heterocycles. The van der Waals surface area contributed by atoms with E-state index in [1.807, 2.05) is 26.0 Å². The summed E-state index contributed by atoms with van der Waals surface area (Å²) in [5, 5.41) is 6.16. The predicted molar refractivity (Wildman–Crippen MR) is 111 cm³/mol. The minimum absolute atomic E-state index is 0.139. The normalized spacial score (nSPS) is 11.1. The van der Waals surface area contributed by atoms with Crippen LogP contribution in [-0.2, 0) is 13.6 Å². The largest absolute Gasteiger partial charge is 0.384 e. The fourth-order valence-corrected chi connectivity index (χ4v) is 3.52. The lowest BCUT2D eigenvalue weighted by atomic mass is 10.2. The summed E-state index contributed by atoms with van der Waals surface area (Å²) in [5.74, 6) is 0.341. The first-order valence-electron chi connectivity index (χ1n) is 8.35. The summed E-state index contributed by atoms with van der Waals surface area (Å²) in [5.41, 5.74) is 6.80. The van der Waals surface area contributed by atoms with Gasteiger partial charge in [0.1, 0.15) is 11.4 Å². The Bertz CT molecular complexity index is 1080. The summed E-state index contributed by atoms with van der Waals surface area (Å²) in [6.07, 6.45) is 0. The van der Waals surface area contributed by atoms with Crippen molar-refractivity contribution in [2.24, 2.45) is 13.0 Å². The summed E-state index contributed by atoms with van der Waals surface area (Å²) in [6, 6.07) is 7.21. The number of benzene rings is 1. The zero-order chi connectivity index (χ0) is 19.7. The van der Waals surface area contributed by atoms with E-state index in [1.165, 1.54) is 23.0 Å². The first-order valence-corrected chi connectivity index (χ1v) is 9.61. The van der Waals surface area contributed by atoms with Crippen molar-refractivity contribution in [2.75, 3.05) is 11.1 Å². The van der Waals surface area contributed by atoms with Gasteiger partial charge >= 0.3 is 5.69 Å². The molecule has 142 valence electrons. The molecule has 0 amide bonds. The predicted octanol–water partition coefficient (Wildman–Crippen LogP) is 3.31. The van der Waals surface area contributed by atoms with Crippen LogP contribution in [0.4, 0.5) is 16.6 Å². The number of hydrogen-bond acceptors (Lipinski definition) is 6. The van der Waals surface area contributed by atoms with E-state index in [0.29, 0.717) is 22.4 Å². The van der Waals surface area contributed by atoms with E-state index in [9.17, 15) is 9.59 Å². The topological polar surface area (TPSA) is 94.9 Å². The van der Waals surface area contributed by atoms with Gasteiger partial charge in [0.15, 0.2) is 5.13 Å². The van der Waals surface area contributed by atoms with Gasteiger partial charge in [-0.05, 0) is 30.2 Å². The van der Waals surface area contributed by atoms with E-state index >= 15 is 0 Å². The Morgan fingerprint density at radius 1 is 1.26 bits per heavy atom. The van der Waals surface area contributed by atoms with Crippen LogP contribution in [0.25, 0.3) is 11.3 Å². The molecule has 0 unspecified atom stereocenters. The van der Waals surface area contributed by atoms with Crippen molar-refractivity contribution in [3.8, 4) is 11.3 Å². The van der Waals surface area contributed by atoms with E-state index in [4.69, 9.17) is 17.3 Å². The van der Waals surface area contributed by atoms with Gasteiger partial charge in [-0.25, -0.2) is 9.78 Å². The molecule has 0 aliphatic heterocycles. The molecule has 0 fully saturated rings. The third-order valence-corrected chi connectivity index (χ3v) is 5.00. The number of nitrogens with one attached hydrogen (secondary N) is 1. The SMILES string of the molecule is CC(C)Cn1c(N)c(-c2csc(Nc3ccc(Cl)cc3)n2)c(=O)n(C)c1=O. The maximum Gasteiger partial charge on any atom is 0.332 e. The molecule has 0 radical (unpaired) electrons. The van der Waals surface area contributed by atoms with Gasteiger partial charge in [-0.3, -0.25) is 13.9 Å². The van der Waals surface area contributed by atoms with E-state index in [2.05, 4.69) is 10.3 Å². The number of anilines is 3. The van der Waals surface area contributed by atoms with Crippen LogP contribution in [0.2, 0.25) is 5.02 Å². The number of halogens is 1. The van der Waals surface area contributed by atoms with Crippen LogP contribution in [-0.4, -0.2) is 14.1 Å². The third-order valence-electron chi connectivity index (χ3n) is 3.99. The van der Waals surface area contributed by atoms with Crippen molar-refractivity contribution in [3.05, 3.63) is 55.5 Å². The maximum atomic E-state index is 12.7. The second kappa shape index (κ2) is 7.58. The highest BCUT2D eigenvalue weighted by atomic mass is 35.5. The highest BCUT2D eigenvalue weighted by Gasteiger charge is 2.19. The van der Waals surface area contributed by atoms with Crippen LogP contribution in [0.15, 0.2) is 39.2 Å². The smallest absolute Gasteiger partial charge is 0.332 e. The number of rotatable bonds is 5. The van der Waals surface area contributed by atoms with E-state index in [0.717, 1.165) is 10.3 Å². The second-order valence-electron chi connectivity index (χ2n) is 6.58. The molecule has 3 N–H and O–H groups in total. The van der Waals surface area contributed by atoms with Crippen LogP contribution in [0.3, 0.4) is 0 Å². The number of thiazole rings is 1. The molecule has 0 atom stereocenters. The van der Waals surface area contributed by atoms with Gasteiger partial charge in [-0.2, -0.15) is 0 Å². The van der Waals surface area contributed by atoms with Gasteiger partial charge in [0, 0.05) is 29.7 Å². The molecule has 2 heterocycles. The molecule has 1 aromatic carbocycles. The Morgan fingerprint density at radius 3 is 2.56 bits per heavy atom. The van der Waals surface area contributed by atoms with Gasteiger partial charge in [0.2, 0.25) is 0 Å². The van der Waals surface area contributed by atoms with Gasteiger partial charge in [-0.1, -0.05) is 25.4 Å². The summed E-state index contributed by atoms with van der Waals surface area (Å²) in [4.78, 5) is 29.5. The molecule has 27 heavy (non-hydrogen) atoms. The molecule has 0 saturated carbocycles. The lowest BCUT2D eigenvalue weighted by Gasteiger charge is -2.15. The van der Waals surface area contributed by atoms with Crippen LogP contribution in [0.1, 0.15) is 13.8 Å². The number of hydrogen-bond donors (Lipinski definition) is 2. The molecule has 0 spiro atoms. The first kappa shape index (κ1) is 19.2.